The highest BCUT2D eigenvalue weighted by molar-refractivity contribution is 5.94. The maximum Gasteiger partial charge on any atom is 0.347 e. The predicted octanol–water partition coefficient (Wildman–Crippen LogP) is 2.43. The van der Waals surface area contributed by atoms with E-state index >= 15 is 0 Å². The molecule has 2 aromatic rings. The number of rotatable bonds is 4. The molecule has 0 amide bonds. The van der Waals surface area contributed by atoms with Gasteiger partial charge in [0.25, 0.3) is 0 Å². The standard InChI is InChI=1S/C15H12O5/c1-19-14-8-10(9-16)6-7-13(14)20-15(18)11-4-2-3-5-12(11)17/h2-9,17H,1H3. The van der Waals surface area contributed by atoms with Crippen molar-refractivity contribution in [3.8, 4) is 17.2 Å². The van der Waals surface area contributed by atoms with Gasteiger partial charge in [-0.1, -0.05) is 12.1 Å². The second-order valence-electron chi connectivity index (χ2n) is 3.93. The monoisotopic (exact) mass is 272 g/mol. The van der Waals surface area contributed by atoms with Crippen molar-refractivity contribution in [2.45, 2.75) is 0 Å². The molecular formula is C15H12O5. The summed E-state index contributed by atoms with van der Waals surface area (Å²) in [6.45, 7) is 0. The first-order valence-corrected chi connectivity index (χ1v) is 5.79. The van der Waals surface area contributed by atoms with Crippen LogP contribution >= 0.6 is 0 Å². The summed E-state index contributed by atoms with van der Waals surface area (Å²) in [5, 5.41) is 9.59. The molecule has 0 heterocycles. The number of carbonyl (C=O) groups excluding carboxylic acids is 2. The maximum absolute atomic E-state index is 12.0. The number of esters is 1. The van der Waals surface area contributed by atoms with Crippen molar-refractivity contribution in [3.63, 3.8) is 0 Å². The molecule has 0 atom stereocenters. The molecule has 0 unspecified atom stereocenters. The summed E-state index contributed by atoms with van der Waals surface area (Å²) < 4.78 is 10.2. The first-order valence-electron chi connectivity index (χ1n) is 5.79. The number of hydrogen-bond donors (Lipinski definition) is 1. The van der Waals surface area contributed by atoms with E-state index in [1.165, 1.54) is 37.4 Å². The summed E-state index contributed by atoms with van der Waals surface area (Å²) in [6.07, 6.45) is 0.664. The minimum absolute atomic E-state index is 0.0500. The third kappa shape index (κ3) is 2.77. The fraction of sp³-hybridized carbons (Fsp3) is 0.0667. The van der Waals surface area contributed by atoms with Gasteiger partial charge in [-0.3, -0.25) is 4.79 Å². The van der Waals surface area contributed by atoms with Crippen LogP contribution < -0.4 is 9.47 Å². The van der Waals surface area contributed by atoms with E-state index in [9.17, 15) is 14.7 Å². The molecule has 0 bridgehead atoms. The molecule has 5 nitrogen and oxygen atoms in total. The Labute approximate surface area is 115 Å². The number of para-hydroxylation sites is 1. The number of phenolic OH excluding ortho intramolecular Hbond substituents is 1. The van der Waals surface area contributed by atoms with Gasteiger partial charge >= 0.3 is 5.97 Å². The van der Waals surface area contributed by atoms with Crippen LogP contribution in [-0.4, -0.2) is 24.5 Å². The number of aromatic hydroxyl groups is 1. The van der Waals surface area contributed by atoms with E-state index in [1.54, 1.807) is 12.1 Å². The molecule has 0 saturated carbocycles. The van der Waals surface area contributed by atoms with Gasteiger partial charge < -0.3 is 14.6 Å². The van der Waals surface area contributed by atoms with Crippen LogP contribution in [0, 0.1) is 0 Å². The van der Waals surface area contributed by atoms with Crippen LogP contribution in [0.5, 0.6) is 17.2 Å². The van der Waals surface area contributed by atoms with Crippen LogP contribution in [0.15, 0.2) is 42.5 Å². The van der Waals surface area contributed by atoms with Crippen LogP contribution in [0.2, 0.25) is 0 Å². The van der Waals surface area contributed by atoms with Crippen LogP contribution in [0.4, 0.5) is 0 Å². The molecule has 1 N–H and O–H groups in total. The Hall–Kier alpha value is -2.82. The van der Waals surface area contributed by atoms with Gasteiger partial charge in [-0.05, 0) is 30.3 Å². The van der Waals surface area contributed by atoms with E-state index in [2.05, 4.69) is 0 Å². The molecule has 0 saturated heterocycles. The molecule has 2 aromatic carbocycles. The van der Waals surface area contributed by atoms with E-state index in [0.717, 1.165) is 0 Å². The van der Waals surface area contributed by atoms with Crippen molar-refractivity contribution in [2.24, 2.45) is 0 Å². The van der Waals surface area contributed by atoms with Crippen molar-refractivity contribution >= 4 is 12.3 Å². The Morgan fingerprint density at radius 1 is 1.15 bits per heavy atom. The number of aldehydes is 1. The van der Waals surface area contributed by atoms with E-state index in [4.69, 9.17) is 9.47 Å². The summed E-state index contributed by atoms with van der Waals surface area (Å²) in [4.78, 5) is 22.6. The Morgan fingerprint density at radius 2 is 1.90 bits per heavy atom. The third-order valence-electron chi connectivity index (χ3n) is 2.65. The maximum atomic E-state index is 12.0. The van der Waals surface area contributed by atoms with Gasteiger partial charge in [0.2, 0.25) is 0 Å². The fourth-order valence-corrected chi connectivity index (χ4v) is 1.64. The number of methoxy groups -OCH3 is 1. The van der Waals surface area contributed by atoms with Crippen molar-refractivity contribution in [3.05, 3.63) is 53.6 Å². The summed E-state index contributed by atoms with van der Waals surface area (Å²) >= 11 is 0. The zero-order chi connectivity index (χ0) is 14.5. The first kappa shape index (κ1) is 13.6. The summed E-state index contributed by atoms with van der Waals surface area (Å²) in [5.74, 6) is -0.439. The van der Waals surface area contributed by atoms with Crippen LogP contribution in [-0.2, 0) is 0 Å². The minimum Gasteiger partial charge on any atom is -0.507 e. The predicted molar refractivity (Wildman–Crippen MR) is 71.4 cm³/mol. The summed E-state index contributed by atoms with van der Waals surface area (Å²) in [5.41, 5.74) is 0.457. The second-order valence-corrected chi connectivity index (χ2v) is 3.93. The lowest BCUT2D eigenvalue weighted by Gasteiger charge is -2.10. The van der Waals surface area contributed by atoms with Crippen molar-refractivity contribution < 1.29 is 24.2 Å². The zero-order valence-electron chi connectivity index (χ0n) is 10.7. The molecule has 20 heavy (non-hydrogen) atoms. The van der Waals surface area contributed by atoms with Gasteiger partial charge in [-0.2, -0.15) is 0 Å². The molecule has 2 rings (SSSR count). The van der Waals surface area contributed by atoms with E-state index in [1.807, 2.05) is 0 Å². The third-order valence-corrected chi connectivity index (χ3v) is 2.65. The van der Waals surface area contributed by atoms with E-state index < -0.39 is 5.97 Å². The molecular weight excluding hydrogens is 260 g/mol. The first-order chi connectivity index (χ1) is 9.65. The minimum atomic E-state index is -0.708. The fourth-order valence-electron chi connectivity index (χ4n) is 1.64. The van der Waals surface area contributed by atoms with E-state index in [0.29, 0.717) is 11.8 Å². The molecule has 0 aliphatic rings. The Bertz CT molecular complexity index is 648. The van der Waals surface area contributed by atoms with Crippen LogP contribution in [0.1, 0.15) is 20.7 Å². The lowest BCUT2D eigenvalue weighted by atomic mass is 10.2. The Balaban J connectivity index is 2.28. The average molecular weight is 272 g/mol. The molecule has 0 radical (unpaired) electrons. The molecule has 5 heteroatoms. The number of carbonyl (C=O) groups is 2. The van der Waals surface area contributed by atoms with Gasteiger partial charge in [0.15, 0.2) is 11.5 Å². The molecule has 102 valence electrons. The number of benzene rings is 2. The summed E-state index contributed by atoms with van der Waals surface area (Å²) in [7, 11) is 1.40. The van der Waals surface area contributed by atoms with Crippen molar-refractivity contribution in [1.29, 1.82) is 0 Å². The highest BCUT2D eigenvalue weighted by atomic mass is 16.6. The Morgan fingerprint density at radius 3 is 2.55 bits per heavy atom. The number of hydrogen-bond acceptors (Lipinski definition) is 5. The molecule has 0 aliphatic carbocycles. The highest BCUT2D eigenvalue weighted by Crippen LogP contribution is 2.29. The van der Waals surface area contributed by atoms with E-state index in [-0.39, 0.29) is 22.8 Å². The highest BCUT2D eigenvalue weighted by Gasteiger charge is 2.15. The van der Waals surface area contributed by atoms with Gasteiger partial charge in [-0.15, -0.1) is 0 Å². The number of phenols is 1. The second kappa shape index (κ2) is 5.88. The van der Waals surface area contributed by atoms with Gasteiger partial charge in [0.05, 0.1) is 7.11 Å². The lowest BCUT2D eigenvalue weighted by Crippen LogP contribution is -2.09. The largest absolute Gasteiger partial charge is 0.507 e. The average Bonchev–Trinajstić information content (AvgIpc) is 2.48. The molecule has 0 aliphatic heterocycles. The smallest absolute Gasteiger partial charge is 0.347 e. The lowest BCUT2D eigenvalue weighted by molar-refractivity contribution is 0.0726. The van der Waals surface area contributed by atoms with Gasteiger partial charge in [-0.25, -0.2) is 4.79 Å². The zero-order valence-corrected chi connectivity index (χ0v) is 10.7. The van der Waals surface area contributed by atoms with Crippen molar-refractivity contribution in [2.75, 3.05) is 7.11 Å². The molecule has 0 fully saturated rings. The quantitative estimate of drug-likeness (QED) is 0.525. The van der Waals surface area contributed by atoms with Gasteiger partial charge in [0, 0.05) is 5.56 Å². The Kier molecular flexibility index (Phi) is 4.00. The van der Waals surface area contributed by atoms with Crippen molar-refractivity contribution in [1.82, 2.24) is 0 Å². The normalized spacial score (nSPS) is 9.85. The molecule has 0 aromatic heterocycles. The topological polar surface area (TPSA) is 72.8 Å². The van der Waals surface area contributed by atoms with Gasteiger partial charge in [0.1, 0.15) is 17.6 Å². The number of ether oxygens (including phenoxy) is 2. The molecule has 0 spiro atoms. The SMILES string of the molecule is COc1cc(C=O)ccc1OC(=O)c1ccccc1O. The summed E-state index contributed by atoms with van der Waals surface area (Å²) in [6, 6.07) is 10.5. The van der Waals surface area contributed by atoms with Crippen LogP contribution in [0.3, 0.4) is 0 Å². The van der Waals surface area contributed by atoms with Crippen LogP contribution in [0.25, 0.3) is 0 Å².